The van der Waals surface area contributed by atoms with Crippen molar-refractivity contribution in [2.75, 3.05) is 0 Å². The van der Waals surface area contributed by atoms with Crippen LogP contribution in [0.1, 0.15) is 11.3 Å². The third kappa shape index (κ3) is 1.74. The Kier molecular flexibility index (Phi) is 2.22. The van der Waals surface area contributed by atoms with E-state index in [0.29, 0.717) is 0 Å². The van der Waals surface area contributed by atoms with Crippen molar-refractivity contribution >= 4 is 15.9 Å². The van der Waals surface area contributed by atoms with Crippen molar-refractivity contribution < 1.29 is 13.2 Å². The molecule has 1 radical (unpaired) electrons. The van der Waals surface area contributed by atoms with Crippen LogP contribution < -0.4 is 0 Å². The van der Waals surface area contributed by atoms with Crippen molar-refractivity contribution in [2.24, 2.45) is 0 Å². The highest BCUT2D eigenvalue weighted by molar-refractivity contribution is 9.08. The number of H-pyrrole nitrogens is 1. The first-order valence-electron chi connectivity index (χ1n) is 2.63. The van der Waals surface area contributed by atoms with Gasteiger partial charge in [0.1, 0.15) is 11.9 Å². The number of hydrogen-bond acceptors (Lipinski definition) is 1. The molecule has 0 amide bonds. The van der Waals surface area contributed by atoms with Crippen LogP contribution in [-0.2, 0) is 11.5 Å². The van der Waals surface area contributed by atoms with Crippen LogP contribution in [0.25, 0.3) is 0 Å². The van der Waals surface area contributed by atoms with Crippen molar-refractivity contribution in [1.29, 1.82) is 0 Å². The van der Waals surface area contributed by atoms with E-state index in [1.54, 1.807) is 0 Å². The maximum absolute atomic E-state index is 12.0. The lowest BCUT2D eigenvalue weighted by atomic mass is 10.3. The maximum Gasteiger partial charge on any atom is 0.433 e. The zero-order chi connectivity index (χ0) is 8.48. The van der Waals surface area contributed by atoms with Crippen LogP contribution in [-0.4, -0.2) is 10.2 Å². The minimum atomic E-state index is -4.36. The van der Waals surface area contributed by atoms with Crippen molar-refractivity contribution in [1.82, 2.24) is 10.2 Å². The van der Waals surface area contributed by atoms with Gasteiger partial charge in [0.05, 0.1) is 0 Å². The highest BCUT2D eigenvalue weighted by atomic mass is 79.9. The van der Waals surface area contributed by atoms with Gasteiger partial charge in [-0.3, -0.25) is 5.10 Å². The Labute approximate surface area is 68.9 Å². The molecule has 0 fully saturated rings. The molecule has 0 aliphatic heterocycles. The summed E-state index contributed by atoms with van der Waals surface area (Å²) in [6.45, 7) is 0. The first kappa shape index (κ1) is 8.58. The van der Waals surface area contributed by atoms with Gasteiger partial charge in [-0.05, 0) is 0 Å². The fraction of sp³-hybridized carbons (Fsp3) is 0.400. The molecule has 2 nitrogen and oxygen atoms in total. The molecule has 0 bridgehead atoms. The third-order valence-electron chi connectivity index (χ3n) is 1.08. The fourth-order valence-corrected chi connectivity index (χ4v) is 1.01. The van der Waals surface area contributed by atoms with Gasteiger partial charge in [-0.1, -0.05) is 15.9 Å². The molecule has 1 aromatic heterocycles. The summed E-state index contributed by atoms with van der Waals surface area (Å²) in [5.74, 6) is 0. The minimum absolute atomic E-state index is 0.00231. The Morgan fingerprint density at radius 1 is 1.55 bits per heavy atom. The quantitative estimate of drug-likeness (QED) is 0.732. The molecule has 0 saturated heterocycles. The van der Waals surface area contributed by atoms with E-state index < -0.39 is 11.9 Å². The molecule has 0 spiro atoms. The molecule has 0 aliphatic carbocycles. The maximum atomic E-state index is 12.0. The Bertz CT molecular complexity index is 242. The van der Waals surface area contributed by atoms with Crippen LogP contribution in [0.3, 0.4) is 0 Å². The Balaban J connectivity index is 3.02. The molecule has 61 valence electrons. The van der Waals surface area contributed by atoms with E-state index in [9.17, 15) is 13.2 Å². The standard InChI is InChI=1S/C5H3BrF3N2/c6-1-3-2-10-11-4(3)5(7,8)9/h1H2,(H,10,11). The SMILES string of the molecule is FC(F)(F)c1[nH]n[c]c1CBr. The van der Waals surface area contributed by atoms with Gasteiger partial charge in [-0.25, -0.2) is 0 Å². The smallest absolute Gasteiger partial charge is 0.273 e. The summed E-state index contributed by atoms with van der Waals surface area (Å²) in [4.78, 5) is 0. The summed E-state index contributed by atoms with van der Waals surface area (Å²) < 4.78 is 35.9. The van der Waals surface area contributed by atoms with E-state index in [2.05, 4.69) is 27.2 Å². The zero-order valence-electron chi connectivity index (χ0n) is 5.17. The molecule has 0 atom stereocenters. The predicted octanol–water partition coefficient (Wildman–Crippen LogP) is 2.12. The summed E-state index contributed by atoms with van der Waals surface area (Å²) in [7, 11) is 0. The lowest BCUT2D eigenvalue weighted by molar-refractivity contribution is -0.141. The number of nitrogens with zero attached hydrogens (tertiary/aromatic N) is 1. The van der Waals surface area contributed by atoms with E-state index >= 15 is 0 Å². The van der Waals surface area contributed by atoms with Crippen LogP contribution in [0.15, 0.2) is 0 Å². The van der Waals surface area contributed by atoms with Gasteiger partial charge >= 0.3 is 6.18 Å². The molecule has 1 aromatic rings. The van der Waals surface area contributed by atoms with Crippen molar-refractivity contribution in [3.8, 4) is 0 Å². The second-order valence-corrected chi connectivity index (χ2v) is 2.38. The zero-order valence-corrected chi connectivity index (χ0v) is 6.75. The van der Waals surface area contributed by atoms with Crippen LogP contribution >= 0.6 is 15.9 Å². The first-order chi connectivity index (χ1) is 5.05. The number of hydrogen-bond donors (Lipinski definition) is 1. The predicted molar refractivity (Wildman–Crippen MR) is 35.1 cm³/mol. The van der Waals surface area contributed by atoms with Crippen LogP contribution in [0.4, 0.5) is 13.2 Å². The van der Waals surface area contributed by atoms with E-state index in [-0.39, 0.29) is 10.9 Å². The molecule has 6 heteroatoms. The van der Waals surface area contributed by atoms with E-state index in [0.717, 1.165) is 0 Å². The van der Waals surface area contributed by atoms with E-state index in [1.165, 1.54) is 0 Å². The Morgan fingerprint density at radius 2 is 2.18 bits per heavy atom. The molecule has 0 aliphatic rings. The topological polar surface area (TPSA) is 28.7 Å². The highest BCUT2D eigenvalue weighted by Crippen LogP contribution is 2.30. The van der Waals surface area contributed by atoms with Crippen LogP contribution in [0, 0.1) is 6.20 Å². The van der Waals surface area contributed by atoms with Crippen LogP contribution in [0.5, 0.6) is 0 Å². The van der Waals surface area contributed by atoms with Crippen molar-refractivity contribution in [2.45, 2.75) is 11.5 Å². The number of rotatable bonds is 1. The normalized spacial score (nSPS) is 12.0. The average Bonchev–Trinajstić information content (AvgIpc) is 2.31. The summed E-state index contributed by atoms with van der Waals surface area (Å²) in [5.41, 5.74) is -0.841. The number of aromatic nitrogens is 2. The summed E-state index contributed by atoms with van der Waals surface area (Å²) in [5, 5.41) is 5.09. The fourth-order valence-electron chi connectivity index (χ4n) is 0.606. The van der Waals surface area contributed by atoms with Gasteiger partial charge in [0.15, 0.2) is 0 Å². The second kappa shape index (κ2) is 2.84. The van der Waals surface area contributed by atoms with Gasteiger partial charge in [-0.15, -0.1) is 0 Å². The monoisotopic (exact) mass is 227 g/mol. The lowest BCUT2D eigenvalue weighted by Crippen LogP contribution is -2.07. The summed E-state index contributed by atoms with van der Waals surface area (Å²) in [6.07, 6.45) is -2.18. The second-order valence-electron chi connectivity index (χ2n) is 1.82. The van der Waals surface area contributed by atoms with Gasteiger partial charge in [0.25, 0.3) is 0 Å². The highest BCUT2D eigenvalue weighted by Gasteiger charge is 2.35. The summed E-state index contributed by atoms with van der Waals surface area (Å²) >= 11 is 2.89. The van der Waals surface area contributed by atoms with E-state index in [1.807, 2.05) is 5.10 Å². The molecule has 1 rings (SSSR count). The van der Waals surface area contributed by atoms with Crippen molar-refractivity contribution in [3.63, 3.8) is 0 Å². The molecule has 1 N–H and O–H groups in total. The number of halogens is 4. The third-order valence-corrected chi connectivity index (χ3v) is 1.64. The van der Waals surface area contributed by atoms with Crippen molar-refractivity contribution in [3.05, 3.63) is 17.5 Å². The average molecular weight is 228 g/mol. The molecule has 0 unspecified atom stereocenters. The number of alkyl halides is 4. The van der Waals surface area contributed by atoms with Crippen LogP contribution in [0.2, 0.25) is 0 Å². The Hall–Kier alpha value is -0.520. The molecule has 1 heterocycles. The van der Waals surface area contributed by atoms with Gasteiger partial charge in [0.2, 0.25) is 0 Å². The molecule has 0 saturated carbocycles. The minimum Gasteiger partial charge on any atom is -0.273 e. The molecular weight excluding hydrogens is 225 g/mol. The Morgan fingerprint density at radius 3 is 2.55 bits per heavy atom. The molecule has 0 aromatic carbocycles. The first-order valence-corrected chi connectivity index (χ1v) is 3.76. The molecule has 11 heavy (non-hydrogen) atoms. The van der Waals surface area contributed by atoms with Gasteiger partial charge in [-0.2, -0.15) is 18.3 Å². The number of nitrogens with one attached hydrogen (secondary N) is 1. The lowest BCUT2D eigenvalue weighted by Gasteiger charge is -2.03. The number of aromatic amines is 1. The van der Waals surface area contributed by atoms with E-state index in [4.69, 9.17) is 0 Å². The summed E-state index contributed by atoms with van der Waals surface area (Å²) in [6, 6.07) is 0. The van der Waals surface area contributed by atoms with Gasteiger partial charge < -0.3 is 0 Å². The largest absolute Gasteiger partial charge is 0.433 e. The molecular formula is C5H3BrF3N2. The van der Waals surface area contributed by atoms with Gasteiger partial charge in [0, 0.05) is 10.9 Å².